The van der Waals surface area contributed by atoms with Gasteiger partial charge in [-0.25, -0.2) is 0 Å². The van der Waals surface area contributed by atoms with Gasteiger partial charge in [-0.1, -0.05) is 13.0 Å². The first-order valence-corrected chi connectivity index (χ1v) is 4.91. The smallest absolute Gasteiger partial charge is 0.0570 e. The fraction of sp³-hybridized carbons (Fsp3) is 0.545. The molecule has 0 saturated carbocycles. The molecule has 0 aliphatic rings. The summed E-state index contributed by atoms with van der Waals surface area (Å²) in [4.78, 5) is 4.30. The number of aromatic nitrogens is 1. The summed E-state index contributed by atoms with van der Waals surface area (Å²) in [5.74, 6) is 0. The van der Waals surface area contributed by atoms with Crippen LogP contribution in [0.4, 0.5) is 0 Å². The Morgan fingerprint density at radius 3 is 2.69 bits per heavy atom. The van der Waals surface area contributed by atoms with Crippen molar-refractivity contribution in [2.45, 2.75) is 39.3 Å². The fourth-order valence-electron chi connectivity index (χ4n) is 1.26. The zero-order valence-electron chi connectivity index (χ0n) is 8.62. The van der Waals surface area contributed by atoms with E-state index in [1.54, 1.807) is 0 Å². The molecule has 2 nitrogen and oxygen atoms in total. The Balaban J connectivity index is 2.53. The van der Waals surface area contributed by atoms with E-state index >= 15 is 0 Å². The molecule has 0 bridgehead atoms. The number of hydrogen-bond acceptors (Lipinski definition) is 2. The molecule has 1 N–H and O–H groups in total. The quantitative estimate of drug-likeness (QED) is 0.766. The SMILES string of the molecule is CCC(C)N[C@@H](C)c1ccccn1. The molecule has 1 aromatic heterocycles. The molecule has 2 heteroatoms. The maximum Gasteiger partial charge on any atom is 0.0570 e. The lowest BCUT2D eigenvalue weighted by Gasteiger charge is -2.17. The van der Waals surface area contributed by atoms with Crippen molar-refractivity contribution in [3.8, 4) is 0 Å². The minimum Gasteiger partial charge on any atom is -0.306 e. The molecular weight excluding hydrogens is 160 g/mol. The predicted octanol–water partition coefficient (Wildman–Crippen LogP) is 2.53. The molecule has 0 aliphatic heterocycles. The van der Waals surface area contributed by atoms with Crippen LogP contribution < -0.4 is 5.32 Å². The van der Waals surface area contributed by atoms with Crippen molar-refractivity contribution in [1.82, 2.24) is 10.3 Å². The van der Waals surface area contributed by atoms with Crippen molar-refractivity contribution in [3.05, 3.63) is 30.1 Å². The van der Waals surface area contributed by atoms with Crippen LogP contribution in [0.15, 0.2) is 24.4 Å². The van der Waals surface area contributed by atoms with E-state index < -0.39 is 0 Å². The maximum absolute atomic E-state index is 4.30. The van der Waals surface area contributed by atoms with Gasteiger partial charge in [0.1, 0.15) is 0 Å². The summed E-state index contributed by atoms with van der Waals surface area (Å²) in [6, 6.07) is 6.92. The average molecular weight is 178 g/mol. The highest BCUT2D eigenvalue weighted by Crippen LogP contribution is 2.09. The molecule has 0 amide bonds. The number of pyridine rings is 1. The molecule has 1 aromatic rings. The van der Waals surface area contributed by atoms with Gasteiger partial charge in [0.25, 0.3) is 0 Å². The van der Waals surface area contributed by atoms with Crippen LogP contribution in [0.5, 0.6) is 0 Å². The molecule has 2 atom stereocenters. The molecular formula is C11H18N2. The summed E-state index contributed by atoms with van der Waals surface area (Å²) in [5, 5.41) is 3.48. The minimum absolute atomic E-state index is 0.344. The maximum atomic E-state index is 4.30. The van der Waals surface area contributed by atoms with Crippen LogP contribution in [-0.2, 0) is 0 Å². The van der Waals surface area contributed by atoms with Gasteiger partial charge in [0.15, 0.2) is 0 Å². The van der Waals surface area contributed by atoms with Gasteiger partial charge in [-0.3, -0.25) is 4.98 Å². The Bertz CT molecular complexity index is 233. The van der Waals surface area contributed by atoms with Crippen LogP contribution in [0.25, 0.3) is 0 Å². The standard InChI is InChI=1S/C11H18N2/c1-4-9(2)13-10(3)11-7-5-6-8-12-11/h5-10,13H,4H2,1-3H3/t9?,10-/m0/s1. The predicted molar refractivity (Wildman–Crippen MR) is 55.5 cm³/mol. The number of rotatable bonds is 4. The Morgan fingerprint density at radius 2 is 2.15 bits per heavy atom. The van der Waals surface area contributed by atoms with Gasteiger partial charge in [-0.05, 0) is 32.4 Å². The van der Waals surface area contributed by atoms with Crippen molar-refractivity contribution in [2.75, 3.05) is 0 Å². The summed E-state index contributed by atoms with van der Waals surface area (Å²) in [7, 11) is 0. The second-order valence-electron chi connectivity index (χ2n) is 3.45. The van der Waals surface area contributed by atoms with Gasteiger partial charge >= 0.3 is 0 Å². The highest BCUT2D eigenvalue weighted by Gasteiger charge is 2.07. The van der Waals surface area contributed by atoms with Crippen LogP contribution in [0.3, 0.4) is 0 Å². The van der Waals surface area contributed by atoms with E-state index in [9.17, 15) is 0 Å². The molecule has 0 aliphatic carbocycles. The summed E-state index contributed by atoms with van der Waals surface area (Å²) in [6.45, 7) is 6.52. The molecule has 72 valence electrons. The van der Waals surface area contributed by atoms with E-state index in [1.807, 2.05) is 18.3 Å². The van der Waals surface area contributed by atoms with Gasteiger partial charge in [-0.2, -0.15) is 0 Å². The topological polar surface area (TPSA) is 24.9 Å². The molecule has 0 aromatic carbocycles. The first kappa shape index (κ1) is 10.2. The van der Waals surface area contributed by atoms with Crippen LogP contribution in [-0.4, -0.2) is 11.0 Å². The molecule has 1 heterocycles. The highest BCUT2D eigenvalue weighted by atomic mass is 15.0. The normalized spacial score (nSPS) is 15.3. The zero-order chi connectivity index (χ0) is 9.68. The highest BCUT2D eigenvalue weighted by molar-refractivity contribution is 5.07. The summed E-state index contributed by atoms with van der Waals surface area (Å²) >= 11 is 0. The van der Waals surface area contributed by atoms with Gasteiger partial charge in [0, 0.05) is 18.3 Å². The van der Waals surface area contributed by atoms with Gasteiger partial charge < -0.3 is 5.32 Å². The third-order valence-corrected chi connectivity index (χ3v) is 2.28. The summed E-state index contributed by atoms with van der Waals surface area (Å²) in [6.07, 6.45) is 2.99. The number of nitrogens with zero attached hydrogens (tertiary/aromatic N) is 1. The lowest BCUT2D eigenvalue weighted by molar-refractivity contribution is 0.462. The number of hydrogen-bond donors (Lipinski definition) is 1. The fourth-order valence-corrected chi connectivity index (χ4v) is 1.26. The monoisotopic (exact) mass is 178 g/mol. The average Bonchev–Trinajstić information content (AvgIpc) is 2.19. The van der Waals surface area contributed by atoms with Crippen LogP contribution in [0.1, 0.15) is 38.9 Å². The molecule has 0 radical (unpaired) electrons. The lowest BCUT2D eigenvalue weighted by Crippen LogP contribution is -2.28. The Hall–Kier alpha value is -0.890. The minimum atomic E-state index is 0.344. The van der Waals surface area contributed by atoms with Gasteiger partial charge in [-0.15, -0.1) is 0 Å². The van der Waals surface area contributed by atoms with E-state index in [1.165, 1.54) is 0 Å². The van der Waals surface area contributed by atoms with E-state index in [4.69, 9.17) is 0 Å². The molecule has 0 saturated heterocycles. The third kappa shape index (κ3) is 3.15. The summed E-state index contributed by atoms with van der Waals surface area (Å²) in [5.41, 5.74) is 1.11. The zero-order valence-corrected chi connectivity index (χ0v) is 8.62. The Morgan fingerprint density at radius 1 is 1.38 bits per heavy atom. The van der Waals surface area contributed by atoms with Crippen molar-refractivity contribution in [2.24, 2.45) is 0 Å². The molecule has 13 heavy (non-hydrogen) atoms. The van der Waals surface area contributed by atoms with Crippen LogP contribution in [0, 0.1) is 0 Å². The Kier molecular flexibility index (Phi) is 3.90. The van der Waals surface area contributed by atoms with Crippen molar-refractivity contribution < 1.29 is 0 Å². The van der Waals surface area contributed by atoms with Crippen LogP contribution in [0.2, 0.25) is 0 Å². The number of nitrogens with one attached hydrogen (secondary N) is 1. The second kappa shape index (κ2) is 4.97. The van der Waals surface area contributed by atoms with E-state index in [2.05, 4.69) is 37.1 Å². The molecule has 1 rings (SSSR count). The third-order valence-electron chi connectivity index (χ3n) is 2.28. The van der Waals surface area contributed by atoms with Crippen LogP contribution >= 0.6 is 0 Å². The second-order valence-corrected chi connectivity index (χ2v) is 3.45. The molecule has 0 spiro atoms. The van der Waals surface area contributed by atoms with Gasteiger partial charge in [0.05, 0.1) is 5.69 Å². The first-order chi connectivity index (χ1) is 6.24. The first-order valence-electron chi connectivity index (χ1n) is 4.91. The van der Waals surface area contributed by atoms with Crippen molar-refractivity contribution >= 4 is 0 Å². The molecule has 1 unspecified atom stereocenters. The van der Waals surface area contributed by atoms with E-state index in [0.29, 0.717) is 12.1 Å². The molecule has 0 fully saturated rings. The van der Waals surface area contributed by atoms with E-state index in [-0.39, 0.29) is 0 Å². The van der Waals surface area contributed by atoms with Crippen molar-refractivity contribution in [1.29, 1.82) is 0 Å². The van der Waals surface area contributed by atoms with Gasteiger partial charge in [0.2, 0.25) is 0 Å². The Labute approximate surface area is 80.4 Å². The van der Waals surface area contributed by atoms with E-state index in [0.717, 1.165) is 12.1 Å². The summed E-state index contributed by atoms with van der Waals surface area (Å²) < 4.78 is 0. The largest absolute Gasteiger partial charge is 0.306 e. The van der Waals surface area contributed by atoms with Crippen molar-refractivity contribution in [3.63, 3.8) is 0 Å². The lowest BCUT2D eigenvalue weighted by atomic mass is 10.1.